The van der Waals surface area contributed by atoms with Crippen molar-refractivity contribution in [2.45, 2.75) is 51.4 Å². The summed E-state index contributed by atoms with van der Waals surface area (Å²) in [6.07, 6.45) is 6.64. The lowest BCUT2D eigenvalue weighted by Gasteiger charge is -2.28. The highest BCUT2D eigenvalue weighted by Crippen LogP contribution is 2.24. The molecule has 2 aromatic rings. The number of hydrogen-bond acceptors (Lipinski definition) is 7. The average molecular weight is 439 g/mol. The van der Waals surface area contributed by atoms with Crippen molar-refractivity contribution >= 4 is 29.4 Å². The van der Waals surface area contributed by atoms with Gasteiger partial charge in [-0.05, 0) is 80.1 Å². The van der Waals surface area contributed by atoms with Gasteiger partial charge in [0, 0.05) is 24.1 Å². The molecule has 0 radical (unpaired) electrons. The van der Waals surface area contributed by atoms with E-state index in [4.69, 9.17) is 25.7 Å². The number of carbonyl (C=O) groups excluding carboxylic acids is 2. The van der Waals surface area contributed by atoms with E-state index in [2.05, 4.69) is 0 Å². The Labute approximate surface area is 188 Å². The van der Waals surface area contributed by atoms with E-state index in [0.717, 1.165) is 36.8 Å². The smallest absolute Gasteiger partial charge is 0.338 e. The van der Waals surface area contributed by atoms with E-state index >= 15 is 0 Å². The maximum Gasteiger partial charge on any atom is 0.338 e. The predicted octanol–water partition coefficient (Wildman–Crippen LogP) is 4.11. The molecular formula is C25H30N2O5. The van der Waals surface area contributed by atoms with Crippen LogP contribution in [0.4, 0.5) is 11.4 Å². The van der Waals surface area contributed by atoms with Crippen LogP contribution in [0.2, 0.25) is 0 Å². The molecule has 1 aliphatic carbocycles. The van der Waals surface area contributed by atoms with Gasteiger partial charge in [-0.2, -0.15) is 0 Å². The second kappa shape index (κ2) is 11.3. The van der Waals surface area contributed by atoms with Gasteiger partial charge in [-0.15, -0.1) is 0 Å². The van der Waals surface area contributed by atoms with E-state index in [-0.39, 0.29) is 24.8 Å². The largest absolute Gasteiger partial charge is 0.459 e. The Hall–Kier alpha value is -3.32. The molecule has 0 unspecified atom stereocenters. The van der Waals surface area contributed by atoms with E-state index in [1.807, 2.05) is 6.92 Å². The molecule has 0 heterocycles. The monoisotopic (exact) mass is 438 g/mol. The second-order valence-corrected chi connectivity index (χ2v) is 7.83. The summed E-state index contributed by atoms with van der Waals surface area (Å²) in [4.78, 5) is 24.4. The molecule has 3 rings (SSSR count). The first kappa shape index (κ1) is 23.3. The predicted molar refractivity (Wildman–Crippen MR) is 124 cm³/mol. The molecule has 0 bridgehead atoms. The molecule has 2 aromatic carbocycles. The topological polar surface area (TPSA) is 114 Å². The molecule has 0 atom stereocenters. The fourth-order valence-electron chi connectivity index (χ4n) is 3.70. The summed E-state index contributed by atoms with van der Waals surface area (Å²) in [5.74, 6) is -0.821. The standard InChI is InChI=1S/C25H30N2O5/c1-2-30-22-8-10-23(11-9-22)32-25(29)19-6-3-17(4-7-19)5-12-24(28)31-16-18-13-20(26)15-21(27)14-18/h3-7,12-15,22-23H,2,8-11,16,26-27H2,1H3. The minimum Gasteiger partial charge on any atom is -0.459 e. The summed E-state index contributed by atoms with van der Waals surface area (Å²) < 4.78 is 16.5. The van der Waals surface area contributed by atoms with E-state index in [0.29, 0.717) is 23.5 Å². The van der Waals surface area contributed by atoms with Crippen molar-refractivity contribution in [1.29, 1.82) is 0 Å². The number of hydrogen-bond donors (Lipinski definition) is 2. The zero-order chi connectivity index (χ0) is 22.9. The Bertz CT molecular complexity index is 927. The first-order chi connectivity index (χ1) is 15.4. The zero-order valence-electron chi connectivity index (χ0n) is 18.3. The van der Waals surface area contributed by atoms with Crippen molar-refractivity contribution in [3.8, 4) is 0 Å². The quantitative estimate of drug-likeness (QED) is 0.362. The van der Waals surface area contributed by atoms with Crippen molar-refractivity contribution in [2.75, 3.05) is 18.1 Å². The van der Waals surface area contributed by atoms with Gasteiger partial charge in [0.15, 0.2) is 0 Å². The number of anilines is 2. The van der Waals surface area contributed by atoms with Crippen molar-refractivity contribution in [3.05, 3.63) is 65.2 Å². The average Bonchev–Trinajstić information content (AvgIpc) is 2.77. The molecule has 0 aromatic heterocycles. The van der Waals surface area contributed by atoms with Gasteiger partial charge in [0.05, 0.1) is 11.7 Å². The van der Waals surface area contributed by atoms with Crippen molar-refractivity contribution in [2.24, 2.45) is 0 Å². The van der Waals surface area contributed by atoms with Crippen LogP contribution >= 0.6 is 0 Å². The van der Waals surface area contributed by atoms with Gasteiger partial charge in [0.1, 0.15) is 12.7 Å². The third-order valence-electron chi connectivity index (χ3n) is 5.27. The van der Waals surface area contributed by atoms with Gasteiger partial charge in [0.25, 0.3) is 0 Å². The fourth-order valence-corrected chi connectivity index (χ4v) is 3.70. The number of nitrogens with two attached hydrogens (primary N) is 2. The third-order valence-corrected chi connectivity index (χ3v) is 5.27. The highest BCUT2D eigenvalue weighted by atomic mass is 16.5. The van der Waals surface area contributed by atoms with Crippen LogP contribution < -0.4 is 11.5 Å². The van der Waals surface area contributed by atoms with Crippen molar-refractivity contribution in [1.82, 2.24) is 0 Å². The number of nitrogen functional groups attached to an aromatic ring is 2. The molecule has 7 nitrogen and oxygen atoms in total. The van der Waals surface area contributed by atoms with Gasteiger partial charge in [-0.1, -0.05) is 12.1 Å². The van der Waals surface area contributed by atoms with Crippen LogP contribution in [-0.4, -0.2) is 30.8 Å². The number of carbonyl (C=O) groups is 2. The zero-order valence-corrected chi connectivity index (χ0v) is 18.3. The normalized spacial score (nSPS) is 18.4. The highest BCUT2D eigenvalue weighted by Gasteiger charge is 2.24. The Morgan fingerprint density at radius 3 is 2.22 bits per heavy atom. The molecule has 0 aliphatic heterocycles. The summed E-state index contributed by atoms with van der Waals surface area (Å²) >= 11 is 0. The van der Waals surface area contributed by atoms with Gasteiger partial charge in [-0.25, -0.2) is 9.59 Å². The van der Waals surface area contributed by atoms with E-state index in [1.54, 1.807) is 48.5 Å². The molecule has 32 heavy (non-hydrogen) atoms. The Balaban J connectivity index is 1.45. The summed E-state index contributed by atoms with van der Waals surface area (Å²) in [5.41, 5.74) is 14.5. The summed E-state index contributed by atoms with van der Waals surface area (Å²) in [5, 5.41) is 0. The number of ether oxygens (including phenoxy) is 3. The van der Waals surface area contributed by atoms with Crippen LogP contribution in [0.5, 0.6) is 0 Å². The van der Waals surface area contributed by atoms with Crippen LogP contribution in [0, 0.1) is 0 Å². The van der Waals surface area contributed by atoms with Crippen LogP contribution in [-0.2, 0) is 25.6 Å². The second-order valence-electron chi connectivity index (χ2n) is 7.83. The summed E-state index contributed by atoms with van der Waals surface area (Å²) in [6, 6.07) is 11.9. The maximum absolute atomic E-state index is 12.4. The van der Waals surface area contributed by atoms with Crippen molar-refractivity contribution < 1.29 is 23.8 Å². The number of benzene rings is 2. The molecule has 7 heteroatoms. The number of esters is 2. The minimum atomic E-state index is -0.489. The van der Waals surface area contributed by atoms with E-state index < -0.39 is 5.97 Å². The Morgan fingerprint density at radius 2 is 1.59 bits per heavy atom. The molecule has 1 aliphatic rings. The maximum atomic E-state index is 12.4. The van der Waals surface area contributed by atoms with Crippen LogP contribution in [0.1, 0.15) is 54.1 Å². The first-order valence-electron chi connectivity index (χ1n) is 10.9. The lowest BCUT2D eigenvalue weighted by atomic mass is 9.95. The minimum absolute atomic E-state index is 0.0659. The molecular weight excluding hydrogens is 408 g/mol. The third kappa shape index (κ3) is 7.13. The molecule has 4 N–H and O–H groups in total. The molecule has 1 saturated carbocycles. The summed E-state index contributed by atoms with van der Waals surface area (Å²) in [6.45, 7) is 2.78. The molecule has 0 saturated heterocycles. The molecule has 1 fully saturated rings. The van der Waals surface area contributed by atoms with Crippen LogP contribution in [0.25, 0.3) is 6.08 Å². The Kier molecular flexibility index (Phi) is 8.27. The van der Waals surface area contributed by atoms with Crippen molar-refractivity contribution in [3.63, 3.8) is 0 Å². The van der Waals surface area contributed by atoms with E-state index in [9.17, 15) is 9.59 Å². The van der Waals surface area contributed by atoms with Gasteiger partial charge in [-0.3, -0.25) is 0 Å². The lowest BCUT2D eigenvalue weighted by molar-refractivity contribution is -0.138. The van der Waals surface area contributed by atoms with Gasteiger partial charge >= 0.3 is 11.9 Å². The Morgan fingerprint density at radius 1 is 0.969 bits per heavy atom. The molecule has 0 spiro atoms. The fraction of sp³-hybridized carbons (Fsp3) is 0.360. The van der Waals surface area contributed by atoms with Crippen LogP contribution in [0.15, 0.2) is 48.5 Å². The molecule has 0 amide bonds. The van der Waals surface area contributed by atoms with Crippen LogP contribution in [0.3, 0.4) is 0 Å². The number of rotatable bonds is 8. The lowest BCUT2D eigenvalue weighted by Crippen LogP contribution is -2.28. The van der Waals surface area contributed by atoms with Gasteiger partial charge < -0.3 is 25.7 Å². The molecule has 170 valence electrons. The SMILES string of the molecule is CCOC1CCC(OC(=O)c2ccc(C=CC(=O)OCc3cc(N)cc(N)c3)cc2)CC1. The van der Waals surface area contributed by atoms with Gasteiger partial charge in [0.2, 0.25) is 0 Å². The highest BCUT2D eigenvalue weighted by molar-refractivity contribution is 5.90. The summed E-state index contributed by atoms with van der Waals surface area (Å²) in [7, 11) is 0. The van der Waals surface area contributed by atoms with E-state index in [1.165, 1.54) is 6.08 Å². The first-order valence-corrected chi connectivity index (χ1v) is 10.9.